The van der Waals surface area contributed by atoms with Crippen molar-refractivity contribution in [2.24, 2.45) is 0 Å². The average molecular weight is 233 g/mol. The molecule has 0 aliphatic rings. The van der Waals surface area contributed by atoms with Crippen molar-refractivity contribution in [1.29, 1.82) is 0 Å². The Morgan fingerprint density at radius 1 is 1.31 bits per heavy atom. The summed E-state index contributed by atoms with van der Waals surface area (Å²) >= 11 is 1.69. The van der Waals surface area contributed by atoms with Crippen molar-refractivity contribution in [3.63, 3.8) is 0 Å². The quantitative estimate of drug-likeness (QED) is 0.789. The number of nitrogens with zero attached hydrogens (tertiary/aromatic N) is 1. The van der Waals surface area contributed by atoms with Gasteiger partial charge in [-0.2, -0.15) is 0 Å². The Hall–Kier alpha value is -1.22. The molecule has 0 unspecified atom stereocenters. The summed E-state index contributed by atoms with van der Waals surface area (Å²) in [4.78, 5) is 15.9. The minimum atomic E-state index is 0.349. The Bertz CT molecular complexity index is 456. The smallest absolute Gasteiger partial charge is 0.133 e. The van der Waals surface area contributed by atoms with Crippen LogP contribution in [0.5, 0.6) is 0 Å². The van der Waals surface area contributed by atoms with Crippen molar-refractivity contribution in [1.82, 2.24) is 4.98 Å². The molecule has 0 N–H and O–H groups in total. The van der Waals surface area contributed by atoms with E-state index in [1.807, 2.05) is 25.1 Å². The van der Waals surface area contributed by atoms with Gasteiger partial charge in [-0.25, -0.2) is 4.98 Å². The first-order valence-corrected chi connectivity index (χ1v) is 6.47. The number of carbonyl (C=O) groups is 1. The Morgan fingerprint density at radius 3 is 2.88 bits per heavy atom. The molecule has 16 heavy (non-hydrogen) atoms. The molecule has 0 spiro atoms. The number of para-hydroxylation sites is 1. The van der Waals surface area contributed by atoms with Gasteiger partial charge in [0.05, 0.1) is 15.2 Å². The summed E-state index contributed by atoms with van der Waals surface area (Å²) < 4.78 is 1.21. The molecule has 1 aromatic carbocycles. The molecule has 0 aliphatic carbocycles. The van der Waals surface area contributed by atoms with Crippen LogP contribution in [0.3, 0.4) is 0 Å². The lowest BCUT2D eigenvalue weighted by molar-refractivity contribution is -0.119. The topological polar surface area (TPSA) is 30.0 Å². The molecule has 1 heterocycles. The molecule has 1 aromatic heterocycles. The van der Waals surface area contributed by atoms with E-state index in [1.165, 1.54) is 4.70 Å². The SMILES string of the molecule is CCCC(=O)CCc1nc2ccccc2s1. The van der Waals surface area contributed by atoms with Gasteiger partial charge in [0.15, 0.2) is 0 Å². The van der Waals surface area contributed by atoms with E-state index in [0.29, 0.717) is 18.6 Å². The largest absolute Gasteiger partial charge is 0.300 e. The van der Waals surface area contributed by atoms with Crippen LogP contribution in [0.1, 0.15) is 31.2 Å². The number of fused-ring (bicyclic) bond motifs is 1. The number of rotatable bonds is 5. The van der Waals surface area contributed by atoms with Crippen molar-refractivity contribution in [2.75, 3.05) is 0 Å². The summed E-state index contributed by atoms with van der Waals surface area (Å²) in [6.45, 7) is 2.04. The first kappa shape index (κ1) is 11.3. The number of aromatic nitrogens is 1. The summed E-state index contributed by atoms with van der Waals surface area (Å²) in [6.07, 6.45) is 3.06. The molecule has 0 bridgehead atoms. The van der Waals surface area contributed by atoms with E-state index in [-0.39, 0.29) is 0 Å². The predicted octanol–water partition coefficient (Wildman–Crippen LogP) is 3.60. The zero-order valence-electron chi connectivity index (χ0n) is 9.40. The molecule has 0 aliphatic heterocycles. The second kappa shape index (κ2) is 5.21. The van der Waals surface area contributed by atoms with Crippen LogP contribution in [0.15, 0.2) is 24.3 Å². The Kier molecular flexibility index (Phi) is 3.67. The van der Waals surface area contributed by atoms with Gasteiger partial charge in [0.1, 0.15) is 5.78 Å². The summed E-state index contributed by atoms with van der Waals surface area (Å²) in [7, 11) is 0. The number of Topliss-reactive ketones (excluding diaryl/α,β-unsaturated/α-hetero) is 1. The molecule has 2 rings (SSSR count). The van der Waals surface area contributed by atoms with Gasteiger partial charge in [0.2, 0.25) is 0 Å². The Labute approximate surface area is 99.3 Å². The lowest BCUT2D eigenvalue weighted by atomic mass is 10.1. The van der Waals surface area contributed by atoms with Crippen LogP contribution in [-0.2, 0) is 11.2 Å². The van der Waals surface area contributed by atoms with Gasteiger partial charge in [-0.15, -0.1) is 11.3 Å². The lowest BCUT2D eigenvalue weighted by Crippen LogP contribution is -1.98. The van der Waals surface area contributed by atoms with E-state index in [0.717, 1.165) is 23.4 Å². The van der Waals surface area contributed by atoms with Crippen LogP contribution in [0.25, 0.3) is 10.2 Å². The van der Waals surface area contributed by atoms with Crippen LogP contribution in [0, 0.1) is 0 Å². The molecule has 84 valence electrons. The van der Waals surface area contributed by atoms with E-state index in [2.05, 4.69) is 11.1 Å². The van der Waals surface area contributed by atoms with Crippen molar-refractivity contribution in [2.45, 2.75) is 32.6 Å². The third-order valence-electron chi connectivity index (χ3n) is 2.48. The highest BCUT2D eigenvalue weighted by Crippen LogP contribution is 2.22. The fourth-order valence-corrected chi connectivity index (χ4v) is 2.64. The van der Waals surface area contributed by atoms with E-state index >= 15 is 0 Å². The predicted molar refractivity (Wildman–Crippen MR) is 67.9 cm³/mol. The van der Waals surface area contributed by atoms with Crippen LogP contribution in [0.4, 0.5) is 0 Å². The molecule has 2 aromatic rings. The second-order valence-electron chi connectivity index (χ2n) is 3.86. The summed E-state index contributed by atoms with van der Waals surface area (Å²) in [5.74, 6) is 0.349. The number of benzene rings is 1. The fraction of sp³-hybridized carbons (Fsp3) is 0.385. The molecule has 2 nitrogen and oxygen atoms in total. The summed E-state index contributed by atoms with van der Waals surface area (Å²) in [5.41, 5.74) is 1.05. The van der Waals surface area contributed by atoms with Gasteiger partial charge in [-0.3, -0.25) is 4.79 Å². The fourth-order valence-electron chi connectivity index (χ4n) is 1.68. The third-order valence-corrected chi connectivity index (χ3v) is 3.58. The highest BCUT2D eigenvalue weighted by Gasteiger charge is 2.05. The van der Waals surface area contributed by atoms with Crippen molar-refractivity contribution in [3.05, 3.63) is 29.3 Å². The van der Waals surface area contributed by atoms with E-state index in [9.17, 15) is 4.79 Å². The zero-order chi connectivity index (χ0) is 11.4. The van der Waals surface area contributed by atoms with E-state index < -0.39 is 0 Å². The summed E-state index contributed by atoms with van der Waals surface area (Å²) in [6, 6.07) is 8.11. The van der Waals surface area contributed by atoms with E-state index in [1.54, 1.807) is 11.3 Å². The van der Waals surface area contributed by atoms with E-state index in [4.69, 9.17) is 0 Å². The Morgan fingerprint density at radius 2 is 2.12 bits per heavy atom. The van der Waals surface area contributed by atoms with Gasteiger partial charge < -0.3 is 0 Å². The normalized spacial score (nSPS) is 10.8. The highest BCUT2D eigenvalue weighted by molar-refractivity contribution is 7.18. The minimum Gasteiger partial charge on any atom is -0.300 e. The van der Waals surface area contributed by atoms with Gasteiger partial charge in [0, 0.05) is 19.3 Å². The standard InChI is InChI=1S/C13H15NOS/c1-2-5-10(15)8-9-13-14-11-6-3-4-7-12(11)16-13/h3-4,6-7H,2,5,8-9H2,1H3. The monoisotopic (exact) mass is 233 g/mol. The molecule has 0 saturated heterocycles. The number of hydrogen-bond acceptors (Lipinski definition) is 3. The molecule has 0 saturated carbocycles. The van der Waals surface area contributed by atoms with Crippen LogP contribution < -0.4 is 0 Å². The third kappa shape index (κ3) is 2.67. The first-order valence-electron chi connectivity index (χ1n) is 5.65. The number of carbonyl (C=O) groups excluding carboxylic acids is 1. The van der Waals surface area contributed by atoms with Gasteiger partial charge in [0.25, 0.3) is 0 Å². The van der Waals surface area contributed by atoms with Crippen LogP contribution in [0.2, 0.25) is 0 Å². The maximum absolute atomic E-state index is 11.4. The van der Waals surface area contributed by atoms with Gasteiger partial charge >= 0.3 is 0 Å². The molecule has 0 amide bonds. The highest BCUT2D eigenvalue weighted by atomic mass is 32.1. The maximum atomic E-state index is 11.4. The molecule has 0 radical (unpaired) electrons. The second-order valence-corrected chi connectivity index (χ2v) is 4.98. The van der Waals surface area contributed by atoms with Crippen molar-refractivity contribution < 1.29 is 4.79 Å². The molecular formula is C13H15NOS. The Balaban J connectivity index is 2.02. The molecule has 3 heteroatoms. The van der Waals surface area contributed by atoms with Crippen LogP contribution in [-0.4, -0.2) is 10.8 Å². The molecule has 0 fully saturated rings. The minimum absolute atomic E-state index is 0.349. The average Bonchev–Trinajstić information content (AvgIpc) is 2.69. The lowest BCUT2D eigenvalue weighted by Gasteiger charge is -1.95. The van der Waals surface area contributed by atoms with Crippen LogP contribution >= 0.6 is 11.3 Å². The number of ketones is 1. The first-order chi connectivity index (χ1) is 7.79. The zero-order valence-corrected chi connectivity index (χ0v) is 10.2. The van der Waals surface area contributed by atoms with Crippen molar-refractivity contribution >= 4 is 27.3 Å². The maximum Gasteiger partial charge on any atom is 0.133 e. The number of aryl methyl sites for hydroxylation is 1. The van der Waals surface area contributed by atoms with Gasteiger partial charge in [-0.05, 0) is 18.6 Å². The van der Waals surface area contributed by atoms with Crippen molar-refractivity contribution in [3.8, 4) is 0 Å². The summed E-state index contributed by atoms with van der Waals surface area (Å²) in [5, 5.41) is 1.07. The molecular weight excluding hydrogens is 218 g/mol. The molecule has 0 atom stereocenters. The number of thiazole rings is 1. The number of hydrogen-bond donors (Lipinski definition) is 0. The van der Waals surface area contributed by atoms with Gasteiger partial charge in [-0.1, -0.05) is 19.1 Å².